The molecule has 0 atom stereocenters. The number of nitrogens with one attached hydrogen (secondary N) is 2. The van der Waals surface area contributed by atoms with E-state index in [1.54, 1.807) is 14.0 Å². The number of nitrogens with zero attached hydrogens (tertiary/aromatic N) is 2. The maximum absolute atomic E-state index is 12.2. The maximum Gasteiger partial charge on any atom is 0.345 e. The Hall–Kier alpha value is -2.67. The summed E-state index contributed by atoms with van der Waals surface area (Å²) in [6, 6.07) is 9.44. The second-order valence-corrected chi connectivity index (χ2v) is 4.61. The molecule has 0 spiro atoms. The van der Waals surface area contributed by atoms with Gasteiger partial charge in [-0.15, -0.1) is 0 Å². The van der Waals surface area contributed by atoms with Crippen molar-refractivity contribution in [3.05, 3.63) is 35.9 Å². The van der Waals surface area contributed by atoms with Crippen molar-refractivity contribution < 1.29 is 14.6 Å². The molecule has 3 N–H and O–H groups in total. The van der Waals surface area contributed by atoms with Crippen LogP contribution in [0.4, 0.5) is 11.6 Å². The zero-order chi connectivity index (χ0) is 16.7. The van der Waals surface area contributed by atoms with E-state index in [4.69, 9.17) is 9.84 Å². The van der Waals surface area contributed by atoms with Gasteiger partial charge in [0.1, 0.15) is 17.2 Å². The van der Waals surface area contributed by atoms with Crippen LogP contribution < -0.4 is 10.6 Å². The number of carbonyl (C=O) groups excluding carboxylic acids is 1. The van der Waals surface area contributed by atoms with Gasteiger partial charge in [0.25, 0.3) is 0 Å². The van der Waals surface area contributed by atoms with Crippen molar-refractivity contribution in [1.82, 2.24) is 9.97 Å². The topological polar surface area (TPSA) is 96.4 Å². The van der Waals surface area contributed by atoms with Crippen molar-refractivity contribution in [2.75, 3.05) is 37.4 Å². The number of hydrogen-bond donors (Lipinski definition) is 3. The monoisotopic (exact) mass is 316 g/mol. The summed E-state index contributed by atoms with van der Waals surface area (Å²) in [6.07, 6.45) is 0. The number of benzene rings is 1. The third kappa shape index (κ3) is 3.95. The average Bonchev–Trinajstić information content (AvgIpc) is 2.59. The minimum Gasteiger partial charge on any atom is -0.462 e. The Morgan fingerprint density at radius 2 is 1.91 bits per heavy atom. The lowest BCUT2D eigenvalue weighted by Crippen LogP contribution is -2.17. The van der Waals surface area contributed by atoms with E-state index in [1.807, 2.05) is 30.3 Å². The number of aromatic nitrogens is 2. The first-order valence-electron chi connectivity index (χ1n) is 7.38. The van der Waals surface area contributed by atoms with Crippen molar-refractivity contribution in [3.8, 4) is 11.4 Å². The van der Waals surface area contributed by atoms with E-state index in [9.17, 15) is 4.79 Å². The van der Waals surface area contributed by atoms with Gasteiger partial charge in [-0.1, -0.05) is 30.3 Å². The van der Waals surface area contributed by atoms with E-state index in [2.05, 4.69) is 20.6 Å². The van der Waals surface area contributed by atoms with Gasteiger partial charge in [0.15, 0.2) is 5.82 Å². The molecule has 0 aliphatic rings. The number of aliphatic hydroxyl groups excluding tert-OH is 1. The number of carbonyl (C=O) groups is 1. The molecule has 7 nitrogen and oxygen atoms in total. The number of ether oxygens (including phenoxy) is 1. The number of rotatable bonds is 7. The molecular weight excluding hydrogens is 296 g/mol. The van der Waals surface area contributed by atoms with E-state index < -0.39 is 5.97 Å². The molecule has 1 heterocycles. The Morgan fingerprint density at radius 1 is 1.22 bits per heavy atom. The van der Waals surface area contributed by atoms with Crippen molar-refractivity contribution in [3.63, 3.8) is 0 Å². The second-order valence-electron chi connectivity index (χ2n) is 4.61. The molecular formula is C16H20N4O3. The molecule has 0 bridgehead atoms. The summed E-state index contributed by atoms with van der Waals surface area (Å²) in [5.74, 6) is 0.661. The third-order valence-corrected chi connectivity index (χ3v) is 3.06. The van der Waals surface area contributed by atoms with Crippen molar-refractivity contribution in [1.29, 1.82) is 0 Å². The Bertz CT molecular complexity index is 662. The van der Waals surface area contributed by atoms with Crippen molar-refractivity contribution in [2.45, 2.75) is 6.92 Å². The lowest BCUT2D eigenvalue weighted by atomic mass is 10.2. The molecule has 1 aromatic carbocycles. The molecule has 2 aromatic rings. The Labute approximate surface area is 134 Å². The molecule has 23 heavy (non-hydrogen) atoms. The normalized spacial score (nSPS) is 10.2. The average molecular weight is 316 g/mol. The highest BCUT2D eigenvalue weighted by atomic mass is 16.5. The van der Waals surface area contributed by atoms with Crippen molar-refractivity contribution in [2.24, 2.45) is 0 Å². The second kappa shape index (κ2) is 8.09. The van der Waals surface area contributed by atoms with Crippen LogP contribution in [-0.4, -0.2) is 47.8 Å². The van der Waals surface area contributed by atoms with Crippen LogP contribution in [0.15, 0.2) is 30.3 Å². The lowest BCUT2D eigenvalue weighted by molar-refractivity contribution is 0.0528. The summed E-state index contributed by atoms with van der Waals surface area (Å²) in [4.78, 5) is 21.0. The van der Waals surface area contributed by atoms with Crippen LogP contribution in [0, 0.1) is 0 Å². The standard InChI is InChI=1S/C16H20N4O3/c1-3-23-16(22)12-14(17-2)19-13(11-7-5-4-6-8-11)20-15(12)18-9-10-21/h4-8,21H,3,9-10H2,1-2H3,(H2,17,18,19,20). The van der Waals surface area contributed by atoms with E-state index in [0.717, 1.165) is 5.56 Å². The largest absolute Gasteiger partial charge is 0.462 e. The first kappa shape index (κ1) is 16.7. The summed E-state index contributed by atoms with van der Waals surface area (Å²) < 4.78 is 5.08. The van der Waals surface area contributed by atoms with Crippen LogP contribution in [0.2, 0.25) is 0 Å². The van der Waals surface area contributed by atoms with Crippen LogP contribution in [0.3, 0.4) is 0 Å². The minimum atomic E-state index is -0.517. The first-order valence-corrected chi connectivity index (χ1v) is 7.38. The van der Waals surface area contributed by atoms with Gasteiger partial charge in [-0.25, -0.2) is 14.8 Å². The molecule has 2 rings (SSSR count). The van der Waals surface area contributed by atoms with Crippen LogP contribution in [0.1, 0.15) is 17.3 Å². The van der Waals surface area contributed by atoms with Gasteiger partial charge in [0, 0.05) is 19.2 Å². The molecule has 7 heteroatoms. The number of aliphatic hydroxyl groups is 1. The van der Waals surface area contributed by atoms with E-state index in [-0.39, 0.29) is 25.3 Å². The lowest BCUT2D eigenvalue weighted by Gasteiger charge is -2.15. The van der Waals surface area contributed by atoms with Gasteiger partial charge in [-0.05, 0) is 6.92 Å². The summed E-state index contributed by atoms with van der Waals surface area (Å²) in [5, 5.41) is 14.9. The van der Waals surface area contributed by atoms with Gasteiger partial charge in [0.05, 0.1) is 13.2 Å². The fourth-order valence-electron chi connectivity index (χ4n) is 2.06. The maximum atomic E-state index is 12.2. The molecule has 0 saturated carbocycles. The summed E-state index contributed by atoms with van der Waals surface area (Å²) in [5.41, 5.74) is 1.05. The fourth-order valence-corrected chi connectivity index (χ4v) is 2.06. The van der Waals surface area contributed by atoms with Crippen LogP contribution in [0.5, 0.6) is 0 Å². The van der Waals surface area contributed by atoms with Gasteiger partial charge >= 0.3 is 5.97 Å². The van der Waals surface area contributed by atoms with Crippen molar-refractivity contribution >= 4 is 17.6 Å². The van der Waals surface area contributed by atoms with Crippen LogP contribution in [-0.2, 0) is 4.74 Å². The fraction of sp³-hybridized carbons (Fsp3) is 0.312. The summed E-state index contributed by atoms with van der Waals surface area (Å²) >= 11 is 0. The highest BCUT2D eigenvalue weighted by molar-refractivity contribution is 6.00. The zero-order valence-corrected chi connectivity index (χ0v) is 13.2. The van der Waals surface area contributed by atoms with Gasteiger partial charge in [0.2, 0.25) is 0 Å². The smallest absolute Gasteiger partial charge is 0.345 e. The molecule has 1 aromatic heterocycles. The molecule has 0 saturated heterocycles. The van der Waals surface area contributed by atoms with Gasteiger partial charge < -0.3 is 20.5 Å². The molecule has 122 valence electrons. The predicted octanol–water partition coefficient (Wildman–Crippen LogP) is 1.77. The first-order chi connectivity index (χ1) is 11.2. The van der Waals surface area contributed by atoms with Crippen LogP contribution in [0.25, 0.3) is 11.4 Å². The quantitative estimate of drug-likeness (QED) is 0.670. The zero-order valence-electron chi connectivity index (χ0n) is 13.2. The Balaban J connectivity index is 2.54. The van der Waals surface area contributed by atoms with Gasteiger partial charge in [-0.3, -0.25) is 0 Å². The third-order valence-electron chi connectivity index (χ3n) is 3.06. The molecule has 0 aliphatic carbocycles. The molecule has 0 unspecified atom stereocenters. The Kier molecular flexibility index (Phi) is 5.87. The number of esters is 1. The minimum absolute atomic E-state index is 0.0815. The van der Waals surface area contributed by atoms with E-state index in [0.29, 0.717) is 17.5 Å². The molecule has 0 amide bonds. The van der Waals surface area contributed by atoms with E-state index >= 15 is 0 Å². The predicted molar refractivity (Wildman–Crippen MR) is 88.5 cm³/mol. The summed E-state index contributed by atoms with van der Waals surface area (Å²) in [6.45, 7) is 2.17. The molecule has 0 aliphatic heterocycles. The SMILES string of the molecule is CCOC(=O)c1c(NC)nc(-c2ccccc2)nc1NCCO. The molecule has 0 radical (unpaired) electrons. The Morgan fingerprint density at radius 3 is 2.52 bits per heavy atom. The highest BCUT2D eigenvalue weighted by Gasteiger charge is 2.22. The summed E-state index contributed by atoms with van der Waals surface area (Å²) in [7, 11) is 1.68. The van der Waals surface area contributed by atoms with E-state index in [1.165, 1.54) is 0 Å². The van der Waals surface area contributed by atoms with Gasteiger partial charge in [-0.2, -0.15) is 0 Å². The number of hydrogen-bond acceptors (Lipinski definition) is 7. The molecule has 0 fully saturated rings. The number of anilines is 2. The highest BCUT2D eigenvalue weighted by Crippen LogP contribution is 2.26. The van der Waals surface area contributed by atoms with Crippen LogP contribution >= 0.6 is 0 Å².